The van der Waals surface area contributed by atoms with E-state index in [0.29, 0.717) is 39.3 Å². The number of imidazole rings is 1. The van der Waals surface area contributed by atoms with E-state index in [0.717, 1.165) is 16.6 Å². The molecule has 2 aromatic heterocycles. The van der Waals surface area contributed by atoms with Crippen LogP contribution >= 0.6 is 23.2 Å². The third kappa shape index (κ3) is 6.08. The molecule has 0 bridgehead atoms. The van der Waals surface area contributed by atoms with E-state index < -0.39 is 12.5 Å². The zero-order valence-corrected chi connectivity index (χ0v) is 21.7. The molecule has 0 fully saturated rings. The van der Waals surface area contributed by atoms with Gasteiger partial charge >= 0.3 is 6.36 Å². The second-order valence-corrected chi connectivity index (χ2v) is 9.46. The van der Waals surface area contributed by atoms with Crippen LogP contribution in [0.4, 0.5) is 18.9 Å². The van der Waals surface area contributed by atoms with Crippen molar-refractivity contribution in [3.8, 4) is 5.75 Å². The molecule has 14 heteroatoms. The molecule has 1 unspecified atom stereocenters. The molecule has 202 valence electrons. The van der Waals surface area contributed by atoms with Crippen molar-refractivity contribution in [3.05, 3.63) is 93.3 Å². The van der Waals surface area contributed by atoms with Gasteiger partial charge in [-0.2, -0.15) is 5.21 Å². The van der Waals surface area contributed by atoms with E-state index in [2.05, 4.69) is 25.4 Å². The smallest absolute Gasteiger partial charge is 0.406 e. The Labute approximate surface area is 229 Å². The maximum absolute atomic E-state index is 12.5. The van der Waals surface area contributed by atoms with E-state index in [-0.39, 0.29) is 12.2 Å². The molecule has 9 nitrogen and oxygen atoms in total. The first-order valence-corrected chi connectivity index (χ1v) is 12.3. The van der Waals surface area contributed by atoms with Crippen LogP contribution in [0.1, 0.15) is 23.1 Å². The molecule has 0 aliphatic carbocycles. The van der Waals surface area contributed by atoms with Crippen molar-refractivity contribution >= 4 is 39.9 Å². The minimum Gasteiger partial charge on any atom is -0.406 e. The number of ether oxygens (including phenoxy) is 1. The number of fused-ring (bicyclic) bond motifs is 1. The van der Waals surface area contributed by atoms with Crippen LogP contribution in [0.5, 0.6) is 5.75 Å². The molecule has 0 spiro atoms. The van der Waals surface area contributed by atoms with Crippen LogP contribution < -0.4 is 10.4 Å². The number of rotatable bonds is 7. The Balaban J connectivity index is 1.51. The first kappa shape index (κ1) is 26.7. The van der Waals surface area contributed by atoms with Gasteiger partial charge in [-0.25, -0.2) is 4.99 Å². The van der Waals surface area contributed by atoms with Crippen LogP contribution in [0.2, 0.25) is 10.0 Å². The highest BCUT2D eigenvalue weighted by molar-refractivity contribution is 6.42. The van der Waals surface area contributed by atoms with Crippen molar-refractivity contribution in [3.63, 3.8) is 0 Å². The summed E-state index contributed by atoms with van der Waals surface area (Å²) in [6.07, 6.45) is -5.38. The fraction of sp³-hybridized carbons (Fsp3) is 0.200. The van der Waals surface area contributed by atoms with Crippen molar-refractivity contribution in [2.24, 2.45) is 12.0 Å². The quantitative estimate of drug-likeness (QED) is 0.274. The van der Waals surface area contributed by atoms with Gasteiger partial charge in [-0.1, -0.05) is 52.7 Å². The maximum atomic E-state index is 12.5. The van der Waals surface area contributed by atoms with Gasteiger partial charge < -0.3 is 19.0 Å². The van der Waals surface area contributed by atoms with Crippen LogP contribution in [-0.4, -0.2) is 41.2 Å². The molecule has 0 radical (unpaired) electrons. The number of H-pyrrole nitrogens is 1. The van der Waals surface area contributed by atoms with Gasteiger partial charge in [0.2, 0.25) is 5.62 Å². The van der Waals surface area contributed by atoms with Crippen molar-refractivity contribution in [1.29, 1.82) is 0 Å². The Morgan fingerprint density at radius 1 is 1.03 bits per heavy atom. The second-order valence-electron chi connectivity index (χ2n) is 8.64. The van der Waals surface area contributed by atoms with Gasteiger partial charge in [0.15, 0.2) is 5.82 Å². The number of aryl methyl sites for hydroxylation is 1. The molecule has 5 aromatic rings. The highest BCUT2D eigenvalue weighted by Crippen LogP contribution is 2.29. The molecule has 0 aliphatic rings. The second kappa shape index (κ2) is 10.7. The number of aromatic nitrogens is 6. The lowest BCUT2D eigenvalue weighted by Crippen LogP contribution is -2.24. The molecular formula is C25H20Cl2F3N7O2. The topological polar surface area (TPSA) is 106 Å². The fourth-order valence-corrected chi connectivity index (χ4v) is 4.44. The number of nitrogens with one attached hydrogen (secondary N) is 1. The largest absolute Gasteiger partial charge is 0.573 e. The summed E-state index contributed by atoms with van der Waals surface area (Å²) < 4.78 is 45.3. The number of alkyl halides is 3. The lowest BCUT2D eigenvalue weighted by atomic mass is 10.0. The molecule has 0 amide bonds. The SMILES string of the molecule is Cn1c(=Nc2ccc(OC(F)(F)F)cc2)n(Cc2ccc(C(O)Cc3nn[nH]n3)cc2)c2cc(Cl)c(Cl)cc21. The van der Waals surface area contributed by atoms with Gasteiger partial charge in [0.05, 0.1) is 39.4 Å². The van der Waals surface area contributed by atoms with Gasteiger partial charge in [0, 0.05) is 13.5 Å². The summed E-state index contributed by atoms with van der Waals surface area (Å²) >= 11 is 12.6. The highest BCUT2D eigenvalue weighted by atomic mass is 35.5. The Kier molecular flexibility index (Phi) is 7.34. The predicted octanol–water partition coefficient (Wildman–Crippen LogP) is 5.26. The number of benzene rings is 3. The van der Waals surface area contributed by atoms with E-state index in [1.807, 2.05) is 33.4 Å². The zero-order valence-electron chi connectivity index (χ0n) is 20.2. The summed E-state index contributed by atoms with van der Waals surface area (Å²) in [5.74, 6) is 0.0595. The number of hydrogen-bond donors (Lipinski definition) is 2. The third-order valence-corrected chi connectivity index (χ3v) is 6.70. The van der Waals surface area contributed by atoms with E-state index >= 15 is 0 Å². The Hall–Kier alpha value is -3.87. The van der Waals surface area contributed by atoms with Crippen molar-refractivity contribution in [2.45, 2.75) is 25.4 Å². The predicted molar refractivity (Wildman–Crippen MR) is 138 cm³/mol. The van der Waals surface area contributed by atoms with E-state index in [4.69, 9.17) is 28.2 Å². The number of aliphatic hydroxyl groups excluding tert-OH is 1. The Morgan fingerprint density at radius 3 is 2.31 bits per heavy atom. The first-order valence-electron chi connectivity index (χ1n) is 11.5. The molecular weight excluding hydrogens is 558 g/mol. The van der Waals surface area contributed by atoms with E-state index in [9.17, 15) is 18.3 Å². The van der Waals surface area contributed by atoms with Crippen molar-refractivity contribution < 1.29 is 23.0 Å². The average Bonchev–Trinajstić information content (AvgIpc) is 3.48. The van der Waals surface area contributed by atoms with Crippen LogP contribution in [0, 0.1) is 0 Å². The number of tetrazole rings is 1. The molecule has 2 heterocycles. The summed E-state index contributed by atoms with van der Waals surface area (Å²) in [7, 11) is 1.81. The summed E-state index contributed by atoms with van der Waals surface area (Å²) in [5.41, 5.74) is 4.03. The summed E-state index contributed by atoms with van der Waals surface area (Å²) in [6, 6.07) is 16.1. The number of halogens is 5. The van der Waals surface area contributed by atoms with Gasteiger partial charge in [-0.05, 0) is 47.5 Å². The summed E-state index contributed by atoms with van der Waals surface area (Å²) in [4.78, 5) is 4.70. The standard InChI is InChI=1S/C25H20Cl2F3N7O2/c1-36-20-10-18(26)19(27)11-21(20)37(24(36)31-16-6-8-17(9-7-16)39-25(28,29)30)13-14-2-4-15(5-3-14)22(38)12-23-32-34-35-33-23/h2-11,22,38H,12-13H2,1H3,(H,32,33,34,35). The highest BCUT2D eigenvalue weighted by Gasteiger charge is 2.31. The molecule has 0 saturated carbocycles. The lowest BCUT2D eigenvalue weighted by molar-refractivity contribution is -0.274. The molecule has 5 rings (SSSR count). The number of nitrogens with zero attached hydrogens (tertiary/aromatic N) is 6. The maximum Gasteiger partial charge on any atom is 0.573 e. The number of hydrogen-bond acceptors (Lipinski definition) is 6. The fourth-order valence-electron chi connectivity index (χ4n) is 4.12. The van der Waals surface area contributed by atoms with Gasteiger partial charge in [0.25, 0.3) is 0 Å². The monoisotopic (exact) mass is 577 g/mol. The van der Waals surface area contributed by atoms with Gasteiger partial charge in [0.1, 0.15) is 5.75 Å². The Bertz CT molecular complexity index is 1660. The minimum atomic E-state index is -4.78. The summed E-state index contributed by atoms with van der Waals surface area (Å²) in [5, 5.41) is 24.8. The first-order chi connectivity index (χ1) is 18.6. The minimum absolute atomic E-state index is 0.211. The molecule has 1 atom stereocenters. The van der Waals surface area contributed by atoms with Gasteiger partial charge in [-0.15, -0.1) is 23.4 Å². The van der Waals surface area contributed by atoms with Crippen LogP contribution in [-0.2, 0) is 20.0 Å². The zero-order chi connectivity index (χ0) is 27.7. The normalized spacial score (nSPS) is 13.3. The van der Waals surface area contributed by atoms with Crippen LogP contribution in [0.25, 0.3) is 11.0 Å². The van der Waals surface area contributed by atoms with Crippen molar-refractivity contribution in [1.82, 2.24) is 29.8 Å². The van der Waals surface area contributed by atoms with Crippen LogP contribution in [0.3, 0.4) is 0 Å². The Morgan fingerprint density at radius 2 is 1.69 bits per heavy atom. The van der Waals surface area contributed by atoms with E-state index in [1.165, 1.54) is 24.3 Å². The summed E-state index contributed by atoms with van der Waals surface area (Å²) in [6.45, 7) is 0.380. The lowest BCUT2D eigenvalue weighted by Gasteiger charge is -2.11. The van der Waals surface area contributed by atoms with Crippen molar-refractivity contribution in [2.75, 3.05) is 0 Å². The molecule has 39 heavy (non-hydrogen) atoms. The van der Waals surface area contributed by atoms with Gasteiger partial charge in [-0.3, -0.25) is 0 Å². The molecule has 3 aromatic carbocycles. The third-order valence-electron chi connectivity index (χ3n) is 5.98. The number of aromatic amines is 1. The molecule has 2 N–H and O–H groups in total. The van der Waals surface area contributed by atoms with Crippen LogP contribution in [0.15, 0.2) is 65.7 Å². The van der Waals surface area contributed by atoms with E-state index in [1.54, 1.807) is 19.2 Å². The molecule has 0 aliphatic heterocycles. The average molecular weight is 578 g/mol. The molecule has 0 saturated heterocycles. The number of aliphatic hydroxyl groups is 1.